The number of hydrogen-bond donors (Lipinski definition) is 1. The van der Waals surface area contributed by atoms with E-state index in [2.05, 4.69) is 5.32 Å². The zero-order valence-corrected chi connectivity index (χ0v) is 12.5. The predicted molar refractivity (Wildman–Crippen MR) is 75.3 cm³/mol. The van der Waals surface area contributed by atoms with Crippen molar-refractivity contribution in [1.82, 2.24) is 5.32 Å². The summed E-state index contributed by atoms with van der Waals surface area (Å²) in [5.74, 6) is 0.511. The Morgan fingerprint density at radius 3 is 2.42 bits per heavy atom. The summed E-state index contributed by atoms with van der Waals surface area (Å²) < 4.78 is 10.3. The number of nitrogens with one attached hydrogen (secondary N) is 1. The summed E-state index contributed by atoms with van der Waals surface area (Å²) in [7, 11) is 4.87. The van der Waals surface area contributed by atoms with Gasteiger partial charge < -0.3 is 14.8 Å². The first-order valence-corrected chi connectivity index (χ1v) is 6.28. The van der Waals surface area contributed by atoms with Crippen LogP contribution in [0.5, 0.6) is 5.75 Å². The Kier molecular flexibility index (Phi) is 4.95. The molecule has 0 aliphatic heterocycles. The Bertz CT molecular complexity index is 455. The lowest BCUT2D eigenvalue weighted by molar-refractivity contribution is -0.152. The minimum absolute atomic E-state index is 0.185. The Balaban J connectivity index is 3.30. The van der Waals surface area contributed by atoms with Gasteiger partial charge in [0.25, 0.3) is 0 Å². The zero-order valence-electron chi connectivity index (χ0n) is 12.5. The van der Waals surface area contributed by atoms with Crippen molar-refractivity contribution in [3.63, 3.8) is 0 Å². The summed E-state index contributed by atoms with van der Waals surface area (Å²) in [6.07, 6.45) is 0. The largest absolute Gasteiger partial charge is 0.496 e. The van der Waals surface area contributed by atoms with Gasteiger partial charge in [0.15, 0.2) is 0 Å². The fourth-order valence-electron chi connectivity index (χ4n) is 2.37. The van der Waals surface area contributed by atoms with Gasteiger partial charge >= 0.3 is 5.97 Å². The standard InChI is InChI=1S/C15H23NO3/c1-10-7-8-12(18-5)11(9-10)13(16-4)15(2,3)14(17)19-6/h7-9,13,16H,1-6H3. The molecule has 1 N–H and O–H groups in total. The average Bonchev–Trinajstić information content (AvgIpc) is 2.38. The first kappa shape index (κ1) is 15.5. The summed E-state index contributed by atoms with van der Waals surface area (Å²) >= 11 is 0. The highest BCUT2D eigenvalue weighted by Crippen LogP contribution is 2.38. The SMILES string of the molecule is CNC(c1cc(C)ccc1OC)C(C)(C)C(=O)OC. The monoisotopic (exact) mass is 265 g/mol. The first-order chi connectivity index (χ1) is 8.88. The van der Waals surface area contributed by atoms with Crippen LogP contribution in [0, 0.1) is 12.3 Å². The molecule has 1 atom stereocenters. The molecule has 0 fully saturated rings. The van der Waals surface area contributed by atoms with Crippen molar-refractivity contribution in [3.05, 3.63) is 29.3 Å². The van der Waals surface area contributed by atoms with Crippen molar-refractivity contribution >= 4 is 5.97 Å². The maximum absolute atomic E-state index is 12.0. The molecular formula is C15H23NO3. The second-order valence-corrected chi connectivity index (χ2v) is 5.18. The lowest BCUT2D eigenvalue weighted by atomic mass is 9.80. The number of esters is 1. The van der Waals surface area contributed by atoms with Gasteiger partial charge in [-0.05, 0) is 33.9 Å². The Morgan fingerprint density at radius 2 is 1.95 bits per heavy atom. The fraction of sp³-hybridized carbons (Fsp3) is 0.533. The molecule has 0 heterocycles. The molecule has 0 saturated heterocycles. The maximum atomic E-state index is 12.0. The molecule has 0 saturated carbocycles. The second-order valence-electron chi connectivity index (χ2n) is 5.18. The predicted octanol–water partition coefficient (Wildman–Crippen LogP) is 2.46. The minimum atomic E-state index is -0.690. The first-order valence-electron chi connectivity index (χ1n) is 6.28. The third kappa shape index (κ3) is 3.07. The van der Waals surface area contributed by atoms with Gasteiger partial charge in [0, 0.05) is 5.56 Å². The van der Waals surface area contributed by atoms with Gasteiger partial charge in [-0.15, -0.1) is 0 Å². The number of hydrogen-bond acceptors (Lipinski definition) is 4. The molecular weight excluding hydrogens is 242 g/mol. The summed E-state index contributed by atoms with van der Waals surface area (Å²) in [4.78, 5) is 12.0. The maximum Gasteiger partial charge on any atom is 0.313 e. The lowest BCUT2D eigenvalue weighted by Gasteiger charge is -2.32. The molecule has 0 aliphatic rings. The van der Waals surface area contributed by atoms with Crippen molar-refractivity contribution in [2.45, 2.75) is 26.8 Å². The van der Waals surface area contributed by atoms with E-state index in [9.17, 15) is 4.79 Å². The van der Waals surface area contributed by atoms with E-state index < -0.39 is 5.41 Å². The van der Waals surface area contributed by atoms with Crippen LogP contribution in [0.15, 0.2) is 18.2 Å². The highest BCUT2D eigenvalue weighted by molar-refractivity contribution is 5.77. The summed E-state index contributed by atoms with van der Waals surface area (Å²) in [5.41, 5.74) is 1.39. The number of aryl methyl sites for hydroxylation is 1. The molecule has 0 amide bonds. The molecule has 19 heavy (non-hydrogen) atoms. The van der Waals surface area contributed by atoms with Crippen LogP contribution in [-0.2, 0) is 9.53 Å². The number of rotatable bonds is 5. The number of carbonyl (C=O) groups excluding carboxylic acids is 1. The number of ether oxygens (including phenoxy) is 2. The molecule has 4 heteroatoms. The highest BCUT2D eigenvalue weighted by Gasteiger charge is 2.39. The van der Waals surface area contributed by atoms with Crippen molar-refractivity contribution in [3.8, 4) is 5.75 Å². The van der Waals surface area contributed by atoms with Crippen LogP contribution in [0.25, 0.3) is 0 Å². The van der Waals surface area contributed by atoms with Gasteiger partial charge in [0.2, 0.25) is 0 Å². The minimum Gasteiger partial charge on any atom is -0.496 e. The molecule has 1 rings (SSSR count). The number of carbonyl (C=O) groups is 1. The zero-order chi connectivity index (χ0) is 14.6. The van der Waals surface area contributed by atoms with Crippen LogP contribution < -0.4 is 10.1 Å². The smallest absolute Gasteiger partial charge is 0.313 e. The van der Waals surface area contributed by atoms with Gasteiger partial charge in [-0.25, -0.2) is 0 Å². The Hall–Kier alpha value is -1.55. The number of benzene rings is 1. The van der Waals surface area contributed by atoms with E-state index >= 15 is 0 Å². The van der Waals surface area contributed by atoms with E-state index in [-0.39, 0.29) is 12.0 Å². The van der Waals surface area contributed by atoms with Gasteiger partial charge in [-0.1, -0.05) is 17.7 Å². The quantitative estimate of drug-likeness (QED) is 0.831. The van der Waals surface area contributed by atoms with Crippen molar-refractivity contribution in [2.24, 2.45) is 5.41 Å². The fourth-order valence-corrected chi connectivity index (χ4v) is 2.37. The van der Waals surface area contributed by atoms with Crippen LogP contribution in [0.2, 0.25) is 0 Å². The van der Waals surface area contributed by atoms with Crippen LogP contribution in [0.4, 0.5) is 0 Å². The third-order valence-corrected chi connectivity index (χ3v) is 3.42. The van der Waals surface area contributed by atoms with Crippen LogP contribution in [0.3, 0.4) is 0 Å². The van der Waals surface area contributed by atoms with Gasteiger partial charge in [-0.3, -0.25) is 4.79 Å². The van der Waals surface area contributed by atoms with Crippen molar-refractivity contribution in [2.75, 3.05) is 21.3 Å². The Labute approximate surface area is 115 Å². The Morgan fingerprint density at radius 1 is 1.32 bits per heavy atom. The molecule has 106 valence electrons. The topological polar surface area (TPSA) is 47.6 Å². The van der Waals surface area contributed by atoms with E-state index in [0.29, 0.717) is 0 Å². The third-order valence-electron chi connectivity index (χ3n) is 3.42. The molecule has 0 aliphatic carbocycles. The van der Waals surface area contributed by atoms with Crippen LogP contribution >= 0.6 is 0 Å². The van der Waals surface area contributed by atoms with Crippen LogP contribution in [-0.4, -0.2) is 27.2 Å². The highest BCUT2D eigenvalue weighted by atomic mass is 16.5. The molecule has 0 spiro atoms. The molecule has 0 radical (unpaired) electrons. The summed E-state index contributed by atoms with van der Waals surface area (Å²) in [6, 6.07) is 5.75. The normalized spacial score (nSPS) is 12.9. The van der Waals surface area contributed by atoms with E-state index in [1.807, 2.05) is 46.0 Å². The average molecular weight is 265 g/mol. The van der Waals surface area contributed by atoms with E-state index in [1.165, 1.54) is 7.11 Å². The lowest BCUT2D eigenvalue weighted by Crippen LogP contribution is -2.39. The van der Waals surface area contributed by atoms with E-state index in [1.54, 1.807) is 7.11 Å². The molecule has 1 unspecified atom stereocenters. The summed E-state index contributed by atoms with van der Waals surface area (Å²) in [6.45, 7) is 5.74. The van der Waals surface area contributed by atoms with E-state index in [0.717, 1.165) is 16.9 Å². The van der Waals surface area contributed by atoms with E-state index in [4.69, 9.17) is 9.47 Å². The van der Waals surface area contributed by atoms with Crippen molar-refractivity contribution < 1.29 is 14.3 Å². The van der Waals surface area contributed by atoms with Crippen molar-refractivity contribution in [1.29, 1.82) is 0 Å². The van der Waals surface area contributed by atoms with Gasteiger partial charge in [0.05, 0.1) is 25.7 Å². The summed E-state index contributed by atoms with van der Waals surface area (Å²) in [5, 5.41) is 3.19. The molecule has 0 aromatic heterocycles. The molecule has 4 nitrogen and oxygen atoms in total. The second kappa shape index (κ2) is 6.06. The molecule has 0 bridgehead atoms. The molecule has 1 aromatic carbocycles. The van der Waals surface area contributed by atoms with Crippen LogP contribution in [0.1, 0.15) is 31.0 Å². The number of methoxy groups -OCH3 is 2. The molecule has 1 aromatic rings. The van der Waals surface area contributed by atoms with Gasteiger partial charge in [-0.2, -0.15) is 0 Å². The van der Waals surface area contributed by atoms with Gasteiger partial charge in [0.1, 0.15) is 5.75 Å².